The molecule has 0 spiro atoms. The van der Waals surface area contributed by atoms with E-state index in [1.165, 1.54) is 26.0 Å². The lowest BCUT2D eigenvalue weighted by atomic mass is 10.0. The van der Waals surface area contributed by atoms with Gasteiger partial charge in [-0.3, -0.25) is 0 Å². The molecular weight excluding hydrogens is 292 g/mol. The topological polar surface area (TPSA) is 44.8 Å². The highest BCUT2D eigenvalue weighted by Crippen LogP contribution is 2.24. The van der Waals surface area contributed by atoms with E-state index in [2.05, 4.69) is 12.1 Å². The molecule has 0 aromatic heterocycles. The third-order valence-electron chi connectivity index (χ3n) is 3.34. The van der Waals surface area contributed by atoms with Gasteiger partial charge in [0.1, 0.15) is 12.0 Å². The molecule has 0 aliphatic rings. The van der Waals surface area contributed by atoms with Crippen LogP contribution in [0.4, 0.5) is 0 Å². The van der Waals surface area contributed by atoms with Gasteiger partial charge < -0.3 is 14.2 Å². The molecule has 0 radical (unpaired) electrons. The fraction of sp³-hybridized carbons (Fsp3) is 0.211. The Labute approximate surface area is 136 Å². The number of ether oxygens (including phenoxy) is 3. The first-order valence-corrected chi connectivity index (χ1v) is 7.26. The van der Waals surface area contributed by atoms with Crippen LogP contribution in [0.2, 0.25) is 0 Å². The summed E-state index contributed by atoms with van der Waals surface area (Å²) in [6.45, 7) is 1.92. The number of hydrogen-bond acceptors (Lipinski definition) is 4. The maximum atomic E-state index is 11.7. The summed E-state index contributed by atoms with van der Waals surface area (Å²) in [4.78, 5) is 11.7. The zero-order valence-corrected chi connectivity index (χ0v) is 13.5. The van der Waals surface area contributed by atoms with Crippen LogP contribution in [0.1, 0.15) is 16.7 Å². The maximum absolute atomic E-state index is 11.7. The number of methoxy groups -OCH3 is 2. The number of aryl methyl sites for hydroxylation is 1. The molecule has 0 amide bonds. The summed E-state index contributed by atoms with van der Waals surface area (Å²) in [5.74, 6) is 0.0294. The molecule has 0 N–H and O–H groups in total. The Morgan fingerprint density at radius 2 is 1.78 bits per heavy atom. The fourth-order valence-electron chi connectivity index (χ4n) is 2.14. The molecule has 2 aromatic carbocycles. The summed E-state index contributed by atoms with van der Waals surface area (Å²) in [7, 11) is 2.75. The van der Waals surface area contributed by atoms with Gasteiger partial charge in [-0.25, -0.2) is 4.79 Å². The predicted molar refractivity (Wildman–Crippen MR) is 88.2 cm³/mol. The van der Waals surface area contributed by atoms with Gasteiger partial charge >= 0.3 is 5.97 Å². The minimum Gasteiger partial charge on any atom is -0.500 e. The zero-order chi connectivity index (χ0) is 16.7. The van der Waals surface area contributed by atoms with Gasteiger partial charge in [0.2, 0.25) is 5.76 Å². The van der Waals surface area contributed by atoms with Gasteiger partial charge in [-0.1, -0.05) is 42.5 Å². The van der Waals surface area contributed by atoms with Crippen LogP contribution in [0.5, 0.6) is 5.75 Å². The van der Waals surface area contributed by atoms with Crippen molar-refractivity contribution in [3.05, 3.63) is 77.2 Å². The monoisotopic (exact) mass is 312 g/mol. The third-order valence-corrected chi connectivity index (χ3v) is 3.34. The number of rotatable bonds is 6. The van der Waals surface area contributed by atoms with Gasteiger partial charge in [0.25, 0.3) is 0 Å². The first-order valence-electron chi connectivity index (χ1n) is 7.26. The van der Waals surface area contributed by atoms with Crippen LogP contribution in [-0.2, 0) is 20.7 Å². The van der Waals surface area contributed by atoms with Gasteiger partial charge in [-0.2, -0.15) is 0 Å². The van der Waals surface area contributed by atoms with Crippen molar-refractivity contribution in [2.45, 2.75) is 13.3 Å². The van der Waals surface area contributed by atoms with Gasteiger partial charge in [0, 0.05) is 0 Å². The van der Waals surface area contributed by atoms with Crippen LogP contribution in [-0.4, -0.2) is 20.2 Å². The lowest BCUT2D eigenvalue weighted by Crippen LogP contribution is -2.12. The Balaban J connectivity index is 2.23. The highest BCUT2D eigenvalue weighted by molar-refractivity contribution is 5.86. The van der Waals surface area contributed by atoms with Crippen molar-refractivity contribution < 1.29 is 19.0 Å². The third kappa shape index (κ3) is 4.61. The van der Waals surface area contributed by atoms with Crippen molar-refractivity contribution in [1.82, 2.24) is 0 Å². The average Bonchev–Trinajstić information content (AvgIpc) is 2.57. The Hall–Kier alpha value is -2.75. The lowest BCUT2D eigenvalue weighted by Gasteiger charge is -2.12. The Morgan fingerprint density at radius 3 is 2.43 bits per heavy atom. The number of carbonyl (C=O) groups excluding carboxylic acids is 1. The SMILES string of the molecule is CO/C=C(\Oc1cc(Cc2ccccc2)ccc1C)C(=O)OC. The molecule has 0 aliphatic heterocycles. The average molecular weight is 312 g/mol. The van der Waals surface area contributed by atoms with Gasteiger partial charge in [0.15, 0.2) is 0 Å². The van der Waals surface area contributed by atoms with Gasteiger partial charge in [-0.05, 0) is 36.1 Å². The summed E-state index contributed by atoms with van der Waals surface area (Å²) >= 11 is 0. The van der Waals surface area contributed by atoms with E-state index in [1.807, 2.05) is 43.3 Å². The molecule has 2 rings (SSSR count). The molecule has 4 nitrogen and oxygen atoms in total. The summed E-state index contributed by atoms with van der Waals surface area (Å²) in [6.07, 6.45) is 2.02. The van der Waals surface area contributed by atoms with Crippen molar-refractivity contribution in [1.29, 1.82) is 0 Å². The second kappa shape index (κ2) is 8.03. The van der Waals surface area contributed by atoms with Crippen LogP contribution in [0.15, 0.2) is 60.6 Å². The normalized spacial score (nSPS) is 11.0. The maximum Gasteiger partial charge on any atom is 0.377 e. The fourth-order valence-corrected chi connectivity index (χ4v) is 2.14. The van der Waals surface area contributed by atoms with Crippen molar-refractivity contribution in [2.24, 2.45) is 0 Å². The van der Waals surface area contributed by atoms with E-state index in [1.54, 1.807) is 0 Å². The molecule has 120 valence electrons. The molecule has 23 heavy (non-hydrogen) atoms. The van der Waals surface area contributed by atoms with Crippen molar-refractivity contribution in [3.63, 3.8) is 0 Å². The molecule has 0 saturated carbocycles. The van der Waals surface area contributed by atoms with Crippen LogP contribution in [0, 0.1) is 6.92 Å². The van der Waals surface area contributed by atoms with E-state index in [9.17, 15) is 4.79 Å². The standard InChI is InChI=1S/C19H20O4/c1-14-9-10-16(11-15-7-5-4-6-8-15)12-17(14)23-18(13-21-2)19(20)22-3/h4-10,12-13H,11H2,1-3H3/b18-13-. The minimum atomic E-state index is -0.584. The largest absolute Gasteiger partial charge is 0.500 e. The van der Waals surface area contributed by atoms with E-state index in [4.69, 9.17) is 14.2 Å². The smallest absolute Gasteiger partial charge is 0.377 e. The van der Waals surface area contributed by atoms with Crippen LogP contribution >= 0.6 is 0 Å². The molecule has 4 heteroatoms. The number of hydrogen-bond donors (Lipinski definition) is 0. The molecule has 0 atom stereocenters. The van der Waals surface area contributed by atoms with E-state index in [0.717, 1.165) is 17.5 Å². The quantitative estimate of drug-likeness (QED) is 0.464. The summed E-state index contributed by atoms with van der Waals surface area (Å²) < 4.78 is 15.2. The number of benzene rings is 2. The first kappa shape index (κ1) is 16.6. The molecule has 0 unspecified atom stereocenters. The van der Waals surface area contributed by atoms with Crippen molar-refractivity contribution in [2.75, 3.05) is 14.2 Å². The molecule has 2 aromatic rings. The molecule has 0 heterocycles. The molecule has 0 bridgehead atoms. The van der Waals surface area contributed by atoms with E-state index in [0.29, 0.717) is 5.75 Å². The van der Waals surface area contributed by atoms with Crippen LogP contribution in [0.25, 0.3) is 0 Å². The van der Waals surface area contributed by atoms with Crippen LogP contribution in [0.3, 0.4) is 0 Å². The summed E-state index contributed by atoms with van der Waals surface area (Å²) in [6, 6.07) is 16.1. The number of esters is 1. The predicted octanol–water partition coefficient (Wildman–Crippen LogP) is 3.63. The van der Waals surface area contributed by atoms with Gasteiger partial charge in [0.05, 0.1) is 14.2 Å². The Bertz CT molecular complexity index is 690. The van der Waals surface area contributed by atoms with E-state index < -0.39 is 5.97 Å². The van der Waals surface area contributed by atoms with Crippen molar-refractivity contribution >= 4 is 5.97 Å². The van der Waals surface area contributed by atoms with E-state index in [-0.39, 0.29) is 5.76 Å². The van der Waals surface area contributed by atoms with Crippen molar-refractivity contribution in [3.8, 4) is 5.75 Å². The summed E-state index contributed by atoms with van der Waals surface area (Å²) in [5.41, 5.74) is 3.23. The Kier molecular flexibility index (Phi) is 5.80. The summed E-state index contributed by atoms with van der Waals surface area (Å²) in [5, 5.41) is 0. The molecule has 0 saturated heterocycles. The zero-order valence-electron chi connectivity index (χ0n) is 13.5. The van der Waals surface area contributed by atoms with Crippen LogP contribution < -0.4 is 4.74 Å². The molecule has 0 fully saturated rings. The number of carbonyl (C=O) groups is 1. The van der Waals surface area contributed by atoms with E-state index >= 15 is 0 Å². The minimum absolute atomic E-state index is 0.00922. The van der Waals surface area contributed by atoms with Gasteiger partial charge in [-0.15, -0.1) is 0 Å². The lowest BCUT2D eigenvalue weighted by molar-refractivity contribution is -0.138. The molecular formula is C19H20O4. The first-order chi connectivity index (χ1) is 11.1. The second-order valence-corrected chi connectivity index (χ2v) is 5.07. The second-order valence-electron chi connectivity index (χ2n) is 5.07. The molecule has 0 aliphatic carbocycles. The highest BCUT2D eigenvalue weighted by Gasteiger charge is 2.15. The Morgan fingerprint density at radius 1 is 1.04 bits per heavy atom. The highest BCUT2D eigenvalue weighted by atomic mass is 16.6.